The van der Waals surface area contributed by atoms with Gasteiger partial charge in [0.15, 0.2) is 20.7 Å². The van der Waals surface area contributed by atoms with E-state index in [-0.39, 0.29) is 23.2 Å². The number of fused-ring (bicyclic) bond motifs is 1. The lowest BCUT2D eigenvalue weighted by molar-refractivity contribution is -0.387. The van der Waals surface area contributed by atoms with Crippen LogP contribution in [0.5, 0.6) is 11.5 Å². The maximum Gasteiger partial charge on any atom is 0.346 e. The molecule has 3 aromatic carbocycles. The van der Waals surface area contributed by atoms with Gasteiger partial charge in [-0.1, -0.05) is 36.0 Å². The summed E-state index contributed by atoms with van der Waals surface area (Å²) in [5, 5.41) is 15.1. The number of thiazole rings is 1. The second-order valence-corrected chi connectivity index (χ2v) is 11.0. The summed E-state index contributed by atoms with van der Waals surface area (Å²) >= 11 is 2.78. The van der Waals surface area contributed by atoms with Crippen LogP contribution in [0.4, 0.5) is 5.69 Å². The van der Waals surface area contributed by atoms with E-state index in [9.17, 15) is 23.3 Å². The number of nitrogens with zero attached hydrogens (tertiary/aromatic N) is 3. The van der Waals surface area contributed by atoms with Crippen molar-refractivity contribution in [3.8, 4) is 11.5 Å². The van der Waals surface area contributed by atoms with Crippen molar-refractivity contribution in [1.29, 1.82) is 0 Å². The molecule has 0 unspecified atom stereocenters. The number of para-hydroxylation sites is 2. The van der Waals surface area contributed by atoms with Crippen LogP contribution in [0, 0.1) is 10.1 Å². The zero-order valence-electron chi connectivity index (χ0n) is 19.1. The molecule has 1 aromatic heterocycles. The van der Waals surface area contributed by atoms with Gasteiger partial charge in [-0.2, -0.15) is 13.5 Å². The Morgan fingerprint density at radius 2 is 1.92 bits per heavy atom. The Morgan fingerprint density at radius 1 is 1.16 bits per heavy atom. The van der Waals surface area contributed by atoms with E-state index in [2.05, 4.69) is 15.5 Å². The molecule has 190 valence electrons. The van der Waals surface area contributed by atoms with Crippen LogP contribution in [-0.2, 0) is 14.9 Å². The molecule has 4 aromatic rings. The quantitative estimate of drug-likeness (QED) is 0.0992. The van der Waals surface area contributed by atoms with Crippen LogP contribution in [0.1, 0.15) is 5.56 Å². The lowest BCUT2D eigenvalue weighted by Crippen LogP contribution is -2.19. The van der Waals surface area contributed by atoms with E-state index in [0.29, 0.717) is 5.56 Å². The van der Waals surface area contributed by atoms with Gasteiger partial charge in [0.05, 0.1) is 34.2 Å². The first-order valence-electron chi connectivity index (χ1n) is 10.4. The monoisotopic (exact) mass is 558 g/mol. The molecule has 0 saturated carbocycles. The normalized spacial score (nSPS) is 11.5. The highest BCUT2D eigenvalue weighted by atomic mass is 32.2. The van der Waals surface area contributed by atoms with Gasteiger partial charge in [-0.25, -0.2) is 10.4 Å². The molecular weight excluding hydrogens is 540 g/mol. The number of thioether (sulfide) groups is 1. The molecule has 1 N–H and O–H groups in total. The van der Waals surface area contributed by atoms with Gasteiger partial charge in [0.1, 0.15) is 0 Å². The average molecular weight is 559 g/mol. The highest BCUT2D eigenvalue weighted by molar-refractivity contribution is 8.01. The van der Waals surface area contributed by atoms with E-state index >= 15 is 0 Å². The molecule has 0 atom stereocenters. The first-order chi connectivity index (χ1) is 17.8. The smallest absolute Gasteiger partial charge is 0.346 e. The maximum absolute atomic E-state index is 12.8. The van der Waals surface area contributed by atoms with Crippen molar-refractivity contribution in [3.05, 3.63) is 82.4 Å². The maximum atomic E-state index is 12.8. The number of ether oxygens (including phenoxy) is 1. The lowest BCUT2D eigenvalue weighted by Gasteiger charge is -2.11. The fraction of sp³-hybridized carbons (Fsp3) is 0.0870. The molecule has 4 rings (SSSR count). The highest BCUT2D eigenvalue weighted by Crippen LogP contribution is 2.33. The first-order valence-corrected chi connectivity index (χ1v) is 13.6. The number of hydrogen-bond acceptors (Lipinski definition) is 11. The molecular formula is C23H18N4O7S3. The van der Waals surface area contributed by atoms with Crippen molar-refractivity contribution >= 4 is 61.2 Å². The summed E-state index contributed by atoms with van der Waals surface area (Å²) < 4.78 is 37.7. The molecule has 14 heteroatoms. The topological polar surface area (TPSA) is 150 Å². The van der Waals surface area contributed by atoms with Crippen LogP contribution in [0.2, 0.25) is 0 Å². The Bertz CT molecular complexity index is 1570. The molecule has 0 fully saturated rings. The van der Waals surface area contributed by atoms with Crippen LogP contribution in [-0.4, -0.2) is 43.3 Å². The fourth-order valence-corrected chi connectivity index (χ4v) is 6.03. The molecule has 11 nitrogen and oxygen atoms in total. The van der Waals surface area contributed by atoms with Gasteiger partial charge in [0.25, 0.3) is 11.6 Å². The predicted molar refractivity (Wildman–Crippen MR) is 140 cm³/mol. The van der Waals surface area contributed by atoms with Crippen molar-refractivity contribution in [1.82, 2.24) is 10.4 Å². The summed E-state index contributed by atoms with van der Waals surface area (Å²) in [7, 11) is -3.24. The molecule has 0 spiro atoms. The van der Waals surface area contributed by atoms with Gasteiger partial charge in [0.2, 0.25) is 0 Å². The molecule has 0 bridgehead atoms. The summed E-state index contributed by atoms with van der Waals surface area (Å²) in [6, 6.07) is 16.8. The van der Waals surface area contributed by atoms with Gasteiger partial charge >= 0.3 is 10.1 Å². The van der Waals surface area contributed by atoms with E-state index in [1.807, 2.05) is 24.3 Å². The summed E-state index contributed by atoms with van der Waals surface area (Å²) in [6.07, 6.45) is 1.30. The minimum atomic E-state index is -4.56. The van der Waals surface area contributed by atoms with E-state index < -0.39 is 25.6 Å². The standard InChI is InChI=1S/C23H18N4O7S3/c1-33-18-11-10-15(12-19(18)34-37(31,32)21-9-5-3-7-17(21)27(29)30)13-24-26-22(28)14-35-23-25-16-6-2-4-8-20(16)36-23/h2-13H,14H2,1H3,(H,26,28)/b24-13-. The van der Waals surface area contributed by atoms with Crippen molar-refractivity contribution < 1.29 is 27.1 Å². The number of benzene rings is 3. The number of nitro groups is 1. The minimum absolute atomic E-state index is 0.0792. The third kappa shape index (κ3) is 6.41. The largest absolute Gasteiger partial charge is 0.493 e. The van der Waals surface area contributed by atoms with Crippen molar-refractivity contribution in [2.24, 2.45) is 5.10 Å². The van der Waals surface area contributed by atoms with Crippen molar-refractivity contribution in [2.75, 3.05) is 12.9 Å². The van der Waals surface area contributed by atoms with Gasteiger partial charge in [0, 0.05) is 6.07 Å². The summed E-state index contributed by atoms with van der Waals surface area (Å²) in [6.45, 7) is 0. The SMILES string of the molecule is COc1ccc(/C=N\NC(=O)CSc2nc3ccccc3s2)cc1OS(=O)(=O)c1ccccc1[N+](=O)[O-]. The van der Waals surface area contributed by atoms with E-state index in [4.69, 9.17) is 8.92 Å². The van der Waals surface area contributed by atoms with Gasteiger partial charge in [-0.15, -0.1) is 11.3 Å². The second kappa shape index (κ2) is 11.4. The van der Waals surface area contributed by atoms with E-state index in [0.717, 1.165) is 26.7 Å². The highest BCUT2D eigenvalue weighted by Gasteiger charge is 2.28. The minimum Gasteiger partial charge on any atom is -0.493 e. The number of nitro benzene ring substituents is 1. The number of hydrazone groups is 1. The number of carbonyl (C=O) groups is 1. The molecule has 0 saturated heterocycles. The molecule has 0 aliphatic rings. The van der Waals surface area contributed by atoms with E-state index in [1.54, 1.807) is 6.07 Å². The lowest BCUT2D eigenvalue weighted by atomic mass is 10.2. The Morgan fingerprint density at radius 3 is 2.68 bits per heavy atom. The molecule has 0 radical (unpaired) electrons. The zero-order valence-corrected chi connectivity index (χ0v) is 21.5. The van der Waals surface area contributed by atoms with Gasteiger partial charge in [-0.05, 0) is 42.0 Å². The third-order valence-corrected chi connectivity index (χ3v) is 8.18. The number of aromatic nitrogens is 1. The van der Waals surface area contributed by atoms with Gasteiger partial charge < -0.3 is 8.92 Å². The number of carbonyl (C=O) groups excluding carboxylic acids is 1. The van der Waals surface area contributed by atoms with Crippen LogP contribution in [0.25, 0.3) is 10.2 Å². The van der Waals surface area contributed by atoms with Crippen LogP contribution in [0.15, 0.2) is 81.1 Å². The van der Waals surface area contributed by atoms with E-state index in [1.165, 1.54) is 60.7 Å². The average Bonchev–Trinajstić information content (AvgIpc) is 3.30. The molecule has 1 heterocycles. The first kappa shape index (κ1) is 26.1. The van der Waals surface area contributed by atoms with Crippen molar-refractivity contribution in [3.63, 3.8) is 0 Å². The van der Waals surface area contributed by atoms with Crippen LogP contribution >= 0.6 is 23.1 Å². The van der Waals surface area contributed by atoms with Gasteiger partial charge in [-0.3, -0.25) is 14.9 Å². The summed E-state index contributed by atoms with van der Waals surface area (Å²) in [4.78, 5) is 26.5. The third-order valence-electron chi connectivity index (χ3n) is 4.72. The Hall–Kier alpha value is -4.01. The number of nitrogens with one attached hydrogen (secondary N) is 1. The van der Waals surface area contributed by atoms with Crippen LogP contribution < -0.4 is 14.3 Å². The van der Waals surface area contributed by atoms with Crippen LogP contribution in [0.3, 0.4) is 0 Å². The van der Waals surface area contributed by atoms with Crippen molar-refractivity contribution in [2.45, 2.75) is 9.24 Å². The molecule has 0 aliphatic heterocycles. The summed E-state index contributed by atoms with van der Waals surface area (Å²) in [5.41, 5.74) is 3.03. The fourth-order valence-electron chi connectivity index (χ4n) is 3.07. The second-order valence-electron chi connectivity index (χ2n) is 7.20. The number of rotatable bonds is 10. The predicted octanol–water partition coefficient (Wildman–Crippen LogP) is 4.22. The molecule has 37 heavy (non-hydrogen) atoms. The Balaban J connectivity index is 1.42. The number of hydrogen-bond donors (Lipinski definition) is 1. The zero-order chi connectivity index (χ0) is 26.4. The number of methoxy groups -OCH3 is 1. The summed E-state index contributed by atoms with van der Waals surface area (Å²) in [5.74, 6) is -0.384. The Labute approximate surface area is 219 Å². The molecule has 1 amide bonds. The number of amides is 1. The molecule has 0 aliphatic carbocycles. The Kier molecular flexibility index (Phi) is 8.01.